The van der Waals surface area contributed by atoms with Gasteiger partial charge in [-0.05, 0) is 78.9 Å². The van der Waals surface area contributed by atoms with E-state index in [1.807, 2.05) is 18.2 Å². The summed E-state index contributed by atoms with van der Waals surface area (Å²) in [6.45, 7) is 0. The minimum atomic E-state index is -1.08. The summed E-state index contributed by atoms with van der Waals surface area (Å²) in [6, 6.07) is 16.8. The fourth-order valence-corrected chi connectivity index (χ4v) is 4.34. The lowest BCUT2D eigenvalue weighted by molar-refractivity contribution is 0.0697. The average molecular weight is 508 g/mol. The van der Waals surface area contributed by atoms with Crippen molar-refractivity contribution in [1.82, 2.24) is 9.78 Å². The number of nitrogens with one attached hydrogen (secondary N) is 1. The quantitative estimate of drug-likeness (QED) is 0.319. The van der Waals surface area contributed by atoms with Crippen molar-refractivity contribution >= 4 is 40.5 Å². The second kappa shape index (κ2) is 9.44. The molecule has 0 radical (unpaired) electrons. The van der Waals surface area contributed by atoms with E-state index in [0.717, 1.165) is 19.3 Å². The molecular formula is C26H19Cl2N3O4. The van der Waals surface area contributed by atoms with Gasteiger partial charge in [0, 0.05) is 5.69 Å². The number of ether oxygens (including phenoxy) is 1. The van der Waals surface area contributed by atoms with Gasteiger partial charge in [0.05, 0.1) is 27.5 Å². The Labute approximate surface area is 210 Å². The summed E-state index contributed by atoms with van der Waals surface area (Å²) in [7, 11) is 0. The highest BCUT2D eigenvalue weighted by molar-refractivity contribution is 6.42. The van der Waals surface area contributed by atoms with Gasteiger partial charge < -0.3 is 15.2 Å². The van der Waals surface area contributed by atoms with Crippen molar-refractivity contribution in [2.75, 3.05) is 5.32 Å². The second-order valence-electron chi connectivity index (χ2n) is 8.10. The fraction of sp³-hybridized carbons (Fsp3) is 0.115. The molecule has 1 aliphatic rings. The lowest BCUT2D eigenvalue weighted by Gasteiger charge is -2.15. The number of carbonyl (C=O) groups is 1. The molecule has 1 heterocycles. The Balaban J connectivity index is 1.59. The van der Waals surface area contributed by atoms with Crippen molar-refractivity contribution in [1.29, 1.82) is 0 Å². The summed E-state index contributed by atoms with van der Waals surface area (Å²) in [4.78, 5) is 25.0. The van der Waals surface area contributed by atoms with Crippen LogP contribution < -0.4 is 15.6 Å². The maximum atomic E-state index is 13.6. The van der Waals surface area contributed by atoms with Gasteiger partial charge in [-0.3, -0.25) is 4.79 Å². The molecule has 9 heteroatoms. The van der Waals surface area contributed by atoms with E-state index in [4.69, 9.17) is 27.9 Å². The van der Waals surface area contributed by atoms with Gasteiger partial charge in [-0.15, -0.1) is 0 Å². The molecule has 35 heavy (non-hydrogen) atoms. The molecule has 0 bridgehead atoms. The zero-order chi connectivity index (χ0) is 24.5. The van der Waals surface area contributed by atoms with Crippen molar-refractivity contribution in [2.45, 2.75) is 19.3 Å². The third kappa shape index (κ3) is 4.73. The first-order valence-electron chi connectivity index (χ1n) is 10.9. The molecule has 1 aliphatic carbocycles. The minimum absolute atomic E-state index is 0.0787. The number of fused-ring (bicyclic) bond motifs is 1. The molecule has 3 aromatic carbocycles. The van der Waals surface area contributed by atoms with Crippen LogP contribution in [0.4, 0.5) is 11.4 Å². The zero-order valence-electron chi connectivity index (χ0n) is 18.3. The van der Waals surface area contributed by atoms with Gasteiger partial charge in [-0.25, -0.2) is 4.79 Å². The van der Waals surface area contributed by atoms with Crippen LogP contribution in [0.5, 0.6) is 11.5 Å². The van der Waals surface area contributed by atoms with E-state index in [-0.39, 0.29) is 22.0 Å². The summed E-state index contributed by atoms with van der Waals surface area (Å²) in [5.74, 6) is -0.294. The molecule has 1 aromatic heterocycles. The van der Waals surface area contributed by atoms with Crippen molar-refractivity contribution in [3.8, 4) is 17.2 Å². The Kier molecular flexibility index (Phi) is 6.19. The average Bonchev–Trinajstić information content (AvgIpc) is 3.31. The van der Waals surface area contributed by atoms with E-state index in [1.165, 1.54) is 40.2 Å². The number of halogens is 2. The van der Waals surface area contributed by atoms with Crippen molar-refractivity contribution in [2.24, 2.45) is 0 Å². The molecule has 0 amide bonds. The van der Waals surface area contributed by atoms with Crippen LogP contribution in [0.3, 0.4) is 0 Å². The summed E-state index contributed by atoms with van der Waals surface area (Å²) < 4.78 is 7.27. The van der Waals surface area contributed by atoms with Gasteiger partial charge in [-0.2, -0.15) is 9.78 Å². The standard InChI is InChI=1S/C26H19Cl2N3O4/c27-21-10-8-19(13-22(21)28)31-25(32)24(30-18-6-2-5-17(11-18)26(33)34)23(14-29-31)35-20-9-7-15-3-1-4-16(15)12-20/h2,5-14,30H,1,3-4H2,(H,33,34). The Morgan fingerprint density at radius 1 is 1.00 bits per heavy atom. The number of hydrogen-bond acceptors (Lipinski definition) is 5. The molecular weight excluding hydrogens is 489 g/mol. The lowest BCUT2D eigenvalue weighted by Crippen LogP contribution is -2.24. The molecule has 7 nitrogen and oxygen atoms in total. The third-order valence-corrected chi connectivity index (χ3v) is 6.51. The summed E-state index contributed by atoms with van der Waals surface area (Å²) >= 11 is 12.2. The molecule has 0 unspecified atom stereocenters. The highest BCUT2D eigenvalue weighted by Crippen LogP contribution is 2.33. The van der Waals surface area contributed by atoms with Crippen LogP contribution in [0.25, 0.3) is 5.69 Å². The number of aromatic nitrogens is 2. The van der Waals surface area contributed by atoms with E-state index in [0.29, 0.717) is 22.1 Å². The normalized spacial score (nSPS) is 12.3. The van der Waals surface area contributed by atoms with Crippen LogP contribution in [0.2, 0.25) is 10.0 Å². The number of benzene rings is 3. The first-order chi connectivity index (χ1) is 16.9. The van der Waals surface area contributed by atoms with Crippen molar-refractivity contribution in [3.05, 3.63) is 104 Å². The number of carboxylic acids is 1. The first-order valence-corrected chi connectivity index (χ1v) is 11.6. The van der Waals surface area contributed by atoms with Crippen LogP contribution in [0.15, 0.2) is 71.7 Å². The van der Waals surface area contributed by atoms with Gasteiger partial charge in [0.2, 0.25) is 0 Å². The molecule has 0 spiro atoms. The van der Waals surface area contributed by atoms with E-state index >= 15 is 0 Å². The van der Waals surface area contributed by atoms with Gasteiger partial charge >= 0.3 is 5.97 Å². The predicted molar refractivity (Wildman–Crippen MR) is 135 cm³/mol. The SMILES string of the molecule is O=C(O)c1cccc(Nc2c(Oc3ccc4c(c3)CCC4)cnn(-c3ccc(Cl)c(Cl)c3)c2=O)c1. The van der Waals surface area contributed by atoms with Gasteiger partial charge in [0.15, 0.2) is 11.4 Å². The first kappa shape index (κ1) is 23.0. The van der Waals surface area contributed by atoms with Gasteiger partial charge in [0.1, 0.15) is 5.75 Å². The van der Waals surface area contributed by atoms with Crippen molar-refractivity contribution < 1.29 is 14.6 Å². The molecule has 0 aliphatic heterocycles. The predicted octanol–water partition coefficient (Wildman–Crippen LogP) is 6.26. The van der Waals surface area contributed by atoms with E-state index in [2.05, 4.69) is 10.4 Å². The topological polar surface area (TPSA) is 93.4 Å². The molecule has 0 fully saturated rings. The second-order valence-corrected chi connectivity index (χ2v) is 8.91. The monoisotopic (exact) mass is 507 g/mol. The van der Waals surface area contributed by atoms with E-state index in [9.17, 15) is 14.7 Å². The van der Waals surface area contributed by atoms with Crippen LogP contribution in [-0.4, -0.2) is 20.9 Å². The highest BCUT2D eigenvalue weighted by atomic mass is 35.5. The number of hydrogen-bond donors (Lipinski definition) is 2. The summed E-state index contributed by atoms with van der Waals surface area (Å²) in [5, 5.41) is 17.3. The zero-order valence-corrected chi connectivity index (χ0v) is 19.8. The Morgan fingerprint density at radius 2 is 1.83 bits per heavy atom. The number of anilines is 2. The minimum Gasteiger partial charge on any atom is -0.478 e. The smallest absolute Gasteiger partial charge is 0.335 e. The number of aromatic carboxylic acids is 1. The number of nitrogens with zero attached hydrogens (tertiary/aromatic N) is 2. The largest absolute Gasteiger partial charge is 0.478 e. The van der Waals surface area contributed by atoms with E-state index < -0.39 is 11.5 Å². The van der Waals surface area contributed by atoms with Crippen LogP contribution in [-0.2, 0) is 12.8 Å². The lowest BCUT2D eigenvalue weighted by atomic mass is 10.1. The molecule has 5 rings (SSSR count). The van der Waals surface area contributed by atoms with Crippen molar-refractivity contribution in [3.63, 3.8) is 0 Å². The van der Waals surface area contributed by atoms with Gasteiger partial charge in [-0.1, -0.05) is 35.3 Å². The van der Waals surface area contributed by atoms with Crippen LogP contribution in [0.1, 0.15) is 27.9 Å². The Morgan fingerprint density at radius 3 is 2.63 bits per heavy atom. The molecule has 176 valence electrons. The molecule has 4 aromatic rings. The van der Waals surface area contributed by atoms with Gasteiger partial charge in [0.25, 0.3) is 5.56 Å². The maximum Gasteiger partial charge on any atom is 0.335 e. The molecule has 0 atom stereocenters. The Bertz CT molecular complexity index is 1520. The fourth-order valence-electron chi connectivity index (χ4n) is 4.04. The molecule has 0 saturated heterocycles. The van der Waals surface area contributed by atoms with Crippen LogP contribution in [0, 0.1) is 0 Å². The number of aryl methyl sites for hydroxylation is 2. The molecule has 0 saturated carbocycles. The summed E-state index contributed by atoms with van der Waals surface area (Å²) in [6.07, 6.45) is 4.56. The van der Waals surface area contributed by atoms with E-state index in [1.54, 1.807) is 24.3 Å². The Hall–Kier alpha value is -3.81. The highest BCUT2D eigenvalue weighted by Gasteiger charge is 2.18. The third-order valence-electron chi connectivity index (χ3n) is 5.77. The number of carboxylic acid groups (broad SMARTS) is 1. The number of rotatable bonds is 6. The van der Waals surface area contributed by atoms with Crippen LogP contribution >= 0.6 is 23.2 Å². The summed E-state index contributed by atoms with van der Waals surface area (Å²) in [5.41, 5.74) is 3.01. The maximum absolute atomic E-state index is 13.6. The molecule has 2 N–H and O–H groups in total.